The number of rotatable bonds is 6. The predicted molar refractivity (Wildman–Crippen MR) is 141 cm³/mol. The number of ether oxygens (including phenoxy) is 1. The molecule has 2 fully saturated rings. The maximum atomic E-state index is 14.7. The van der Waals surface area contributed by atoms with E-state index in [0.717, 1.165) is 62.2 Å². The molecule has 7 heteroatoms. The molecule has 0 unspecified atom stereocenters. The number of benzene rings is 1. The zero-order valence-electron chi connectivity index (χ0n) is 21.8. The van der Waals surface area contributed by atoms with Crippen LogP contribution in [0.2, 0.25) is 0 Å². The van der Waals surface area contributed by atoms with E-state index in [1.54, 1.807) is 13.2 Å². The van der Waals surface area contributed by atoms with Crippen LogP contribution in [0.15, 0.2) is 52.7 Å². The molecule has 0 N–H and O–H groups in total. The van der Waals surface area contributed by atoms with Crippen molar-refractivity contribution in [3.05, 3.63) is 70.3 Å². The summed E-state index contributed by atoms with van der Waals surface area (Å²) in [6, 6.07) is 9.91. The third kappa shape index (κ3) is 4.58. The Hall–Kier alpha value is -3.06. The molecule has 0 radical (unpaired) electrons. The fraction of sp³-hybridized carbons (Fsp3) is 0.500. The van der Waals surface area contributed by atoms with Crippen molar-refractivity contribution in [1.29, 1.82) is 0 Å². The molecule has 3 atom stereocenters. The number of carbonyl (C=O) groups excluding carboxylic acids is 1. The lowest BCUT2D eigenvalue weighted by Crippen LogP contribution is -2.46. The molecule has 6 nitrogen and oxygen atoms in total. The number of piperidine rings is 1. The van der Waals surface area contributed by atoms with Gasteiger partial charge in [-0.1, -0.05) is 6.07 Å². The summed E-state index contributed by atoms with van der Waals surface area (Å²) in [5.74, 6) is 0.933. The first-order chi connectivity index (χ1) is 18.0. The lowest BCUT2D eigenvalue weighted by Gasteiger charge is -2.41. The van der Waals surface area contributed by atoms with E-state index in [4.69, 9.17) is 9.73 Å². The third-order valence-electron chi connectivity index (χ3n) is 8.87. The van der Waals surface area contributed by atoms with E-state index in [2.05, 4.69) is 16.0 Å². The minimum absolute atomic E-state index is 0.215. The Bertz CT molecular complexity index is 1270. The van der Waals surface area contributed by atoms with Crippen LogP contribution in [0.3, 0.4) is 0 Å². The molecule has 1 amide bonds. The number of nitrogens with zero attached hydrogens (tertiary/aromatic N) is 4. The zero-order valence-corrected chi connectivity index (χ0v) is 21.8. The fourth-order valence-electron chi connectivity index (χ4n) is 6.95. The van der Waals surface area contributed by atoms with E-state index in [1.165, 1.54) is 17.2 Å². The fourth-order valence-corrected chi connectivity index (χ4v) is 6.95. The predicted octanol–water partition coefficient (Wildman–Crippen LogP) is 4.70. The second kappa shape index (κ2) is 10.0. The van der Waals surface area contributed by atoms with E-state index < -0.39 is 0 Å². The van der Waals surface area contributed by atoms with Crippen LogP contribution in [0.5, 0.6) is 5.75 Å². The summed E-state index contributed by atoms with van der Waals surface area (Å²) >= 11 is 0. The van der Waals surface area contributed by atoms with Gasteiger partial charge in [0.25, 0.3) is 0 Å². The Morgan fingerprint density at radius 2 is 2.05 bits per heavy atom. The van der Waals surface area contributed by atoms with Crippen molar-refractivity contribution in [1.82, 2.24) is 14.8 Å². The quantitative estimate of drug-likeness (QED) is 0.575. The van der Waals surface area contributed by atoms with Crippen LogP contribution < -0.4 is 4.74 Å². The molecule has 6 rings (SSSR count). The maximum absolute atomic E-state index is 14.7. The largest absolute Gasteiger partial charge is 0.496 e. The number of fused-ring (bicyclic) bond motifs is 2. The van der Waals surface area contributed by atoms with Gasteiger partial charge in [0.1, 0.15) is 11.6 Å². The zero-order chi connectivity index (χ0) is 25.5. The maximum Gasteiger partial charge on any atom is 0.223 e. The number of amides is 1. The molecule has 194 valence electrons. The highest BCUT2D eigenvalue weighted by molar-refractivity contribution is 6.15. The smallest absolute Gasteiger partial charge is 0.223 e. The molecular formula is C30H35FN4O2. The lowest BCUT2D eigenvalue weighted by atomic mass is 9.86. The highest BCUT2D eigenvalue weighted by Crippen LogP contribution is 2.43. The number of hydrogen-bond acceptors (Lipinski definition) is 5. The van der Waals surface area contributed by atoms with Crippen LogP contribution in [-0.4, -0.2) is 65.2 Å². The molecule has 37 heavy (non-hydrogen) atoms. The van der Waals surface area contributed by atoms with E-state index in [1.807, 2.05) is 30.2 Å². The van der Waals surface area contributed by atoms with Gasteiger partial charge in [-0.05, 0) is 80.4 Å². The van der Waals surface area contributed by atoms with E-state index in [-0.39, 0.29) is 11.7 Å². The average Bonchev–Trinajstić information content (AvgIpc) is 3.45. The number of aromatic nitrogens is 1. The Labute approximate surface area is 218 Å². The van der Waals surface area contributed by atoms with Gasteiger partial charge in [0.2, 0.25) is 5.91 Å². The van der Waals surface area contributed by atoms with Gasteiger partial charge in [-0.3, -0.25) is 19.7 Å². The Balaban J connectivity index is 1.14. The SMILES string of the molecule is COc1cccc(F)c1CN1[C@H]2CC[C@H](CC(=O)N3CCC4=C(C3)C(c3ccnc(C)c3)=NC4)[C@@H]1CC2. The number of methoxy groups -OCH3 is 1. The van der Waals surface area contributed by atoms with Crippen molar-refractivity contribution in [2.45, 2.75) is 64.1 Å². The van der Waals surface area contributed by atoms with Gasteiger partial charge in [-0.2, -0.15) is 0 Å². The first-order valence-electron chi connectivity index (χ1n) is 13.6. The van der Waals surface area contributed by atoms with Crippen LogP contribution in [0.25, 0.3) is 0 Å². The average molecular weight is 503 g/mol. The Morgan fingerprint density at radius 3 is 2.89 bits per heavy atom. The van der Waals surface area contributed by atoms with Crippen molar-refractivity contribution >= 4 is 11.6 Å². The lowest BCUT2D eigenvalue weighted by molar-refractivity contribution is -0.133. The van der Waals surface area contributed by atoms with Gasteiger partial charge in [0.05, 0.1) is 19.4 Å². The van der Waals surface area contributed by atoms with Gasteiger partial charge in [-0.15, -0.1) is 0 Å². The highest BCUT2D eigenvalue weighted by Gasteiger charge is 2.44. The summed E-state index contributed by atoms with van der Waals surface area (Å²) in [6.07, 6.45) is 7.62. The molecule has 0 aliphatic carbocycles. The molecule has 1 aromatic heterocycles. The van der Waals surface area contributed by atoms with Crippen molar-refractivity contribution in [2.24, 2.45) is 10.9 Å². The summed E-state index contributed by atoms with van der Waals surface area (Å²) in [6.45, 7) is 4.69. The standard InChI is InChI=1S/C30H35FN4O2/c1-19-14-21(10-12-32-19)30-24-17-34(13-11-22(24)16-33-30)29(36)15-20-6-7-23-8-9-27(20)35(23)18-25-26(31)4-3-5-28(25)37-2/h3-5,10,12,14,20,23,27H,6-9,11,13,15-18H2,1-2H3/t20-,23+,27+/m1/s1. The molecule has 2 aromatic rings. The van der Waals surface area contributed by atoms with E-state index in [9.17, 15) is 9.18 Å². The first kappa shape index (κ1) is 24.3. The first-order valence-corrected chi connectivity index (χ1v) is 13.6. The molecule has 4 aliphatic rings. The van der Waals surface area contributed by atoms with Gasteiger partial charge in [0, 0.05) is 61.2 Å². The second-order valence-corrected chi connectivity index (χ2v) is 10.9. The van der Waals surface area contributed by atoms with Crippen molar-refractivity contribution in [3.63, 3.8) is 0 Å². The number of carbonyl (C=O) groups is 1. The normalized spacial score (nSPS) is 25.3. The van der Waals surface area contributed by atoms with Gasteiger partial charge in [-0.25, -0.2) is 4.39 Å². The molecule has 1 aromatic carbocycles. The molecule has 2 saturated heterocycles. The monoisotopic (exact) mass is 502 g/mol. The van der Waals surface area contributed by atoms with Crippen molar-refractivity contribution in [3.8, 4) is 5.75 Å². The minimum Gasteiger partial charge on any atom is -0.496 e. The summed E-state index contributed by atoms with van der Waals surface area (Å²) in [7, 11) is 1.60. The van der Waals surface area contributed by atoms with Crippen molar-refractivity contribution in [2.75, 3.05) is 26.7 Å². The van der Waals surface area contributed by atoms with Gasteiger partial charge >= 0.3 is 0 Å². The number of hydrogen-bond donors (Lipinski definition) is 0. The Kier molecular flexibility index (Phi) is 6.57. The molecular weight excluding hydrogens is 467 g/mol. The Morgan fingerprint density at radius 1 is 1.19 bits per heavy atom. The van der Waals surface area contributed by atoms with Gasteiger partial charge < -0.3 is 9.64 Å². The third-order valence-corrected chi connectivity index (χ3v) is 8.87. The topological polar surface area (TPSA) is 58.0 Å². The van der Waals surface area contributed by atoms with Crippen LogP contribution >= 0.6 is 0 Å². The summed E-state index contributed by atoms with van der Waals surface area (Å²) in [5.41, 5.74) is 6.32. The molecule has 0 saturated carbocycles. The summed E-state index contributed by atoms with van der Waals surface area (Å²) in [4.78, 5) is 27.2. The molecule has 0 spiro atoms. The molecule has 2 bridgehead atoms. The number of halogens is 1. The van der Waals surface area contributed by atoms with Crippen LogP contribution in [0, 0.1) is 18.7 Å². The highest BCUT2D eigenvalue weighted by atomic mass is 19.1. The second-order valence-electron chi connectivity index (χ2n) is 10.9. The summed E-state index contributed by atoms with van der Waals surface area (Å²) in [5, 5.41) is 0. The van der Waals surface area contributed by atoms with E-state index >= 15 is 0 Å². The minimum atomic E-state index is -0.215. The van der Waals surface area contributed by atoms with Gasteiger partial charge in [0.15, 0.2) is 0 Å². The number of aryl methyl sites for hydroxylation is 1. The number of aliphatic imine (C=N–C) groups is 1. The summed E-state index contributed by atoms with van der Waals surface area (Å²) < 4.78 is 20.2. The van der Waals surface area contributed by atoms with Crippen LogP contribution in [0.1, 0.15) is 55.3 Å². The van der Waals surface area contributed by atoms with Crippen LogP contribution in [0.4, 0.5) is 4.39 Å². The number of pyridine rings is 1. The molecule has 5 heterocycles. The van der Waals surface area contributed by atoms with Crippen molar-refractivity contribution < 1.29 is 13.9 Å². The molecule has 4 aliphatic heterocycles. The van der Waals surface area contributed by atoms with E-state index in [0.29, 0.717) is 48.8 Å². The van der Waals surface area contributed by atoms with Crippen LogP contribution in [-0.2, 0) is 11.3 Å².